The van der Waals surface area contributed by atoms with Gasteiger partial charge >= 0.3 is 12.0 Å². The average molecular weight is 423 g/mol. The Hall–Kier alpha value is -4.01. The lowest BCUT2D eigenvalue weighted by Crippen LogP contribution is -2.66. The molecule has 5 amide bonds. The van der Waals surface area contributed by atoms with E-state index in [1.54, 1.807) is 37.3 Å². The fourth-order valence-corrected chi connectivity index (χ4v) is 3.62. The molecule has 2 N–H and O–H groups in total. The smallest absolute Gasteiger partial charge is 0.335 e. The second kappa shape index (κ2) is 8.39. The van der Waals surface area contributed by atoms with Crippen LogP contribution in [-0.2, 0) is 19.8 Å². The van der Waals surface area contributed by atoms with Crippen LogP contribution in [-0.4, -0.2) is 58.2 Å². The summed E-state index contributed by atoms with van der Waals surface area (Å²) in [5.74, 6) is -3.17. The molecule has 1 aliphatic heterocycles. The number of nitrogens with zero attached hydrogens (tertiary/aromatic N) is 2. The number of hydrogen-bond donors (Lipinski definition) is 2. The van der Waals surface area contributed by atoms with E-state index >= 15 is 0 Å². The largest absolute Gasteiger partial charge is 0.478 e. The molecule has 1 heterocycles. The number of imide groups is 2. The zero-order valence-corrected chi connectivity index (χ0v) is 17.0. The molecule has 3 rings (SSSR count). The molecule has 0 aromatic heterocycles. The number of barbiturate groups is 1. The third-order valence-electron chi connectivity index (χ3n) is 5.31. The third kappa shape index (κ3) is 3.77. The van der Waals surface area contributed by atoms with Crippen molar-refractivity contribution in [3.63, 3.8) is 0 Å². The molecule has 0 saturated carbocycles. The van der Waals surface area contributed by atoms with Crippen LogP contribution in [0, 0.1) is 0 Å². The van der Waals surface area contributed by atoms with E-state index in [4.69, 9.17) is 5.11 Å². The van der Waals surface area contributed by atoms with Gasteiger partial charge in [0.1, 0.15) is 6.54 Å². The Bertz CT molecular complexity index is 1050. The summed E-state index contributed by atoms with van der Waals surface area (Å²) in [5.41, 5.74) is -0.800. The summed E-state index contributed by atoms with van der Waals surface area (Å²) in [4.78, 5) is 64.1. The fourth-order valence-electron chi connectivity index (χ4n) is 3.62. The lowest BCUT2D eigenvalue weighted by molar-refractivity contribution is -0.152. The van der Waals surface area contributed by atoms with Crippen LogP contribution in [0.2, 0.25) is 0 Å². The number of carbonyl (C=O) groups is 5. The van der Waals surface area contributed by atoms with Crippen molar-refractivity contribution in [3.05, 3.63) is 65.7 Å². The van der Waals surface area contributed by atoms with Crippen molar-refractivity contribution >= 4 is 35.4 Å². The highest BCUT2D eigenvalue weighted by atomic mass is 16.4. The van der Waals surface area contributed by atoms with E-state index in [-0.39, 0.29) is 12.0 Å². The first-order valence-electron chi connectivity index (χ1n) is 9.55. The Morgan fingerprint density at radius 1 is 0.968 bits per heavy atom. The van der Waals surface area contributed by atoms with Crippen LogP contribution in [0.1, 0.15) is 29.3 Å². The molecule has 1 fully saturated rings. The molecule has 0 aliphatic carbocycles. The standard InChI is InChI=1S/C22H21N3O6/c1-3-22(15-7-5-4-6-8-15)19(29)24(2)21(31)25(20(22)30)13-17(26)23-16-11-9-14(10-12-16)18(27)28/h4-12H,3,13H2,1-2H3,(H,23,26)(H,27,28). The van der Waals surface area contributed by atoms with E-state index in [0.29, 0.717) is 11.3 Å². The van der Waals surface area contributed by atoms with Gasteiger partial charge in [-0.25, -0.2) is 9.59 Å². The van der Waals surface area contributed by atoms with Gasteiger partial charge in [0.05, 0.1) is 5.56 Å². The zero-order valence-electron chi connectivity index (χ0n) is 17.0. The van der Waals surface area contributed by atoms with Gasteiger partial charge in [-0.1, -0.05) is 37.3 Å². The van der Waals surface area contributed by atoms with Crippen LogP contribution in [0.4, 0.5) is 10.5 Å². The maximum absolute atomic E-state index is 13.4. The lowest BCUT2D eigenvalue weighted by atomic mass is 9.74. The van der Waals surface area contributed by atoms with E-state index in [1.807, 2.05) is 0 Å². The molecule has 9 heteroatoms. The summed E-state index contributed by atoms with van der Waals surface area (Å²) in [6, 6.07) is 13.0. The zero-order chi connectivity index (χ0) is 22.8. The van der Waals surface area contributed by atoms with Gasteiger partial charge < -0.3 is 10.4 Å². The highest BCUT2D eigenvalue weighted by Crippen LogP contribution is 2.36. The van der Waals surface area contributed by atoms with Crippen LogP contribution >= 0.6 is 0 Å². The summed E-state index contributed by atoms with van der Waals surface area (Å²) in [5, 5.41) is 11.5. The Kier molecular flexibility index (Phi) is 5.87. The predicted octanol–water partition coefficient (Wildman–Crippen LogP) is 2.09. The summed E-state index contributed by atoms with van der Waals surface area (Å²) in [6.45, 7) is 1.08. The molecule has 1 saturated heterocycles. The maximum atomic E-state index is 13.4. The Labute approximate surface area is 178 Å². The maximum Gasteiger partial charge on any atom is 0.335 e. The van der Waals surface area contributed by atoms with E-state index in [2.05, 4.69) is 5.32 Å². The summed E-state index contributed by atoms with van der Waals surface area (Å²) in [7, 11) is 1.28. The van der Waals surface area contributed by atoms with Gasteiger partial charge in [0.25, 0.3) is 11.8 Å². The van der Waals surface area contributed by atoms with E-state index < -0.39 is 41.7 Å². The van der Waals surface area contributed by atoms with Crippen LogP contribution in [0.5, 0.6) is 0 Å². The molecule has 1 aliphatic rings. The van der Waals surface area contributed by atoms with Crippen molar-refractivity contribution in [2.24, 2.45) is 0 Å². The van der Waals surface area contributed by atoms with Gasteiger partial charge in [0, 0.05) is 12.7 Å². The van der Waals surface area contributed by atoms with Crippen LogP contribution in [0.3, 0.4) is 0 Å². The molecule has 0 radical (unpaired) electrons. The van der Waals surface area contributed by atoms with Crippen molar-refractivity contribution < 1.29 is 29.1 Å². The molecule has 1 atom stereocenters. The number of likely N-dealkylation sites (N-methyl/N-ethyl adjacent to an activating group) is 1. The highest BCUT2D eigenvalue weighted by Gasteiger charge is 2.56. The minimum atomic E-state index is -1.60. The summed E-state index contributed by atoms with van der Waals surface area (Å²) >= 11 is 0. The summed E-state index contributed by atoms with van der Waals surface area (Å²) < 4.78 is 0. The Morgan fingerprint density at radius 3 is 2.13 bits per heavy atom. The van der Waals surface area contributed by atoms with Crippen LogP contribution in [0.25, 0.3) is 0 Å². The number of benzene rings is 2. The first kappa shape index (κ1) is 21.7. The van der Waals surface area contributed by atoms with Gasteiger partial charge in [0.2, 0.25) is 5.91 Å². The fraction of sp³-hybridized carbons (Fsp3) is 0.227. The highest BCUT2D eigenvalue weighted by molar-refractivity contribution is 6.23. The molecular formula is C22H21N3O6. The molecule has 9 nitrogen and oxygen atoms in total. The number of hydrogen-bond acceptors (Lipinski definition) is 5. The van der Waals surface area contributed by atoms with Gasteiger partial charge in [-0.3, -0.25) is 24.2 Å². The quantitative estimate of drug-likeness (QED) is 0.686. The van der Waals surface area contributed by atoms with Gasteiger partial charge in [-0.15, -0.1) is 0 Å². The minimum absolute atomic E-state index is 0.0510. The number of carbonyl (C=O) groups excluding carboxylic acids is 4. The average Bonchev–Trinajstić information content (AvgIpc) is 2.77. The van der Waals surface area contributed by atoms with E-state index in [0.717, 1.165) is 9.80 Å². The number of aromatic carboxylic acids is 1. The van der Waals surface area contributed by atoms with Gasteiger partial charge in [-0.05, 0) is 36.2 Å². The molecule has 2 aromatic carbocycles. The molecule has 2 aromatic rings. The number of nitrogens with one attached hydrogen (secondary N) is 1. The molecular weight excluding hydrogens is 402 g/mol. The number of anilines is 1. The molecule has 31 heavy (non-hydrogen) atoms. The Morgan fingerprint density at radius 2 is 1.58 bits per heavy atom. The second-order valence-electron chi connectivity index (χ2n) is 7.09. The van der Waals surface area contributed by atoms with E-state index in [9.17, 15) is 24.0 Å². The predicted molar refractivity (Wildman–Crippen MR) is 110 cm³/mol. The summed E-state index contributed by atoms with van der Waals surface area (Å²) in [6.07, 6.45) is 0.112. The van der Waals surface area contributed by atoms with Crippen LogP contribution in [0.15, 0.2) is 54.6 Å². The van der Waals surface area contributed by atoms with Crippen molar-refractivity contribution in [2.75, 3.05) is 18.9 Å². The first-order valence-corrected chi connectivity index (χ1v) is 9.55. The van der Waals surface area contributed by atoms with Gasteiger partial charge in [0.15, 0.2) is 5.41 Å². The minimum Gasteiger partial charge on any atom is -0.478 e. The van der Waals surface area contributed by atoms with Crippen LogP contribution < -0.4 is 5.32 Å². The SMILES string of the molecule is CCC1(c2ccccc2)C(=O)N(C)C(=O)N(CC(=O)Nc2ccc(C(=O)O)cc2)C1=O. The number of carboxylic acids is 1. The normalized spacial score (nSPS) is 18.8. The molecule has 0 bridgehead atoms. The first-order chi connectivity index (χ1) is 14.7. The van der Waals surface area contributed by atoms with Crippen molar-refractivity contribution in [2.45, 2.75) is 18.8 Å². The van der Waals surface area contributed by atoms with Crippen molar-refractivity contribution in [1.82, 2.24) is 9.80 Å². The third-order valence-corrected chi connectivity index (χ3v) is 5.31. The monoisotopic (exact) mass is 423 g/mol. The Balaban J connectivity index is 1.87. The van der Waals surface area contributed by atoms with Gasteiger partial charge in [-0.2, -0.15) is 0 Å². The number of rotatable bonds is 6. The molecule has 160 valence electrons. The number of urea groups is 1. The molecule has 1 unspecified atom stereocenters. The number of amides is 5. The second-order valence-corrected chi connectivity index (χ2v) is 7.09. The van der Waals surface area contributed by atoms with Crippen molar-refractivity contribution in [3.8, 4) is 0 Å². The molecule has 0 spiro atoms. The number of carboxylic acid groups (broad SMARTS) is 1. The lowest BCUT2D eigenvalue weighted by Gasteiger charge is -2.42. The van der Waals surface area contributed by atoms with Crippen molar-refractivity contribution in [1.29, 1.82) is 0 Å². The topological polar surface area (TPSA) is 124 Å². The van der Waals surface area contributed by atoms with E-state index in [1.165, 1.54) is 31.3 Å².